The van der Waals surface area contributed by atoms with E-state index in [-0.39, 0.29) is 18.3 Å². The number of benzene rings is 1. The van der Waals surface area contributed by atoms with Crippen molar-refractivity contribution in [3.63, 3.8) is 0 Å². The number of hydrogen-bond acceptors (Lipinski definition) is 2. The first kappa shape index (κ1) is 13.8. The third kappa shape index (κ3) is 3.92. The molecule has 1 aliphatic heterocycles. The Labute approximate surface area is 112 Å². The lowest BCUT2D eigenvalue weighted by atomic mass is 10.3. The number of carbonyl (C=O) groups excluding carboxylic acids is 1. The van der Waals surface area contributed by atoms with Crippen LogP contribution in [0.2, 0.25) is 0 Å². The van der Waals surface area contributed by atoms with Crippen LogP contribution >= 0.6 is 0 Å². The van der Waals surface area contributed by atoms with Crippen molar-refractivity contribution in [3.8, 4) is 5.75 Å². The van der Waals surface area contributed by atoms with Crippen molar-refractivity contribution in [2.75, 3.05) is 39.3 Å². The summed E-state index contributed by atoms with van der Waals surface area (Å²) in [7, 11) is 0. The van der Waals surface area contributed by atoms with Crippen LogP contribution in [0.3, 0.4) is 0 Å². The number of halogens is 1. The van der Waals surface area contributed by atoms with Crippen molar-refractivity contribution in [1.82, 2.24) is 4.90 Å². The molecule has 0 bridgehead atoms. The number of ether oxygens (including phenoxy) is 1. The van der Waals surface area contributed by atoms with Gasteiger partial charge in [-0.1, -0.05) is 0 Å². The van der Waals surface area contributed by atoms with E-state index in [0.717, 1.165) is 32.7 Å². The summed E-state index contributed by atoms with van der Waals surface area (Å²) >= 11 is 0. The van der Waals surface area contributed by atoms with Gasteiger partial charge in [0.2, 0.25) is 0 Å². The third-order valence-electron chi connectivity index (χ3n) is 3.50. The lowest BCUT2D eigenvalue weighted by Crippen LogP contribution is -3.14. The lowest BCUT2D eigenvalue weighted by Gasteiger charge is -2.31. The number of likely N-dealkylation sites (N-methyl/N-ethyl adjacent to an activating group) is 1. The normalized spacial score (nSPS) is 16.4. The fourth-order valence-electron chi connectivity index (χ4n) is 2.19. The molecule has 1 saturated heterocycles. The summed E-state index contributed by atoms with van der Waals surface area (Å²) in [5, 5.41) is 0. The molecular formula is C14H20FN2O2+. The summed E-state index contributed by atoms with van der Waals surface area (Å²) in [6, 6.07) is 5.70. The van der Waals surface area contributed by atoms with Crippen LogP contribution in [0.4, 0.5) is 4.39 Å². The topological polar surface area (TPSA) is 34.0 Å². The van der Waals surface area contributed by atoms with Crippen LogP contribution in [0.25, 0.3) is 0 Å². The molecule has 4 nitrogen and oxygen atoms in total. The first-order chi connectivity index (χ1) is 9.19. The van der Waals surface area contributed by atoms with Crippen molar-refractivity contribution in [2.45, 2.75) is 6.92 Å². The van der Waals surface area contributed by atoms with Crippen molar-refractivity contribution < 1.29 is 18.8 Å². The first-order valence-corrected chi connectivity index (χ1v) is 6.68. The molecule has 1 aliphatic rings. The number of amides is 1. The van der Waals surface area contributed by atoms with Gasteiger partial charge in [0.15, 0.2) is 6.61 Å². The number of carbonyl (C=O) groups is 1. The summed E-state index contributed by atoms with van der Waals surface area (Å²) in [6.07, 6.45) is 0. The Kier molecular flexibility index (Phi) is 4.74. The quantitative estimate of drug-likeness (QED) is 0.830. The Morgan fingerprint density at radius 2 is 1.95 bits per heavy atom. The number of quaternary nitrogens is 1. The average molecular weight is 267 g/mol. The highest BCUT2D eigenvalue weighted by molar-refractivity contribution is 5.77. The molecule has 0 spiro atoms. The highest BCUT2D eigenvalue weighted by Crippen LogP contribution is 2.11. The predicted octanol–water partition coefficient (Wildman–Crippen LogP) is -0.0485. The maximum absolute atomic E-state index is 12.7. The number of hydrogen-bond donors (Lipinski definition) is 1. The number of nitrogens with one attached hydrogen (secondary N) is 1. The zero-order chi connectivity index (χ0) is 13.7. The Hall–Kier alpha value is -1.62. The van der Waals surface area contributed by atoms with Gasteiger partial charge in [0.25, 0.3) is 5.91 Å². The van der Waals surface area contributed by atoms with Gasteiger partial charge in [0.05, 0.1) is 32.7 Å². The van der Waals surface area contributed by atoms with Gasteiger partial charge in [-0.2, -0.15) is 0 Å². The summed E-state index contributed by atoms with van der Waals surface area (Å²) in [5.74, 6) is 0.212. The number of rotatable bonds is 4. The zero-order valence-electron chi connectivity index (χ0n) is 11.2. The molecule has 0 radical (unpaired) electrons. The molecular weight excluding hydrogens is 247 g/mol. The monoisotopic (exact) mass is 267 g/mol. The van der Waals surface area contributed by atoms with Gasteiger partial charge >= 0.3 is 0 Å². The molecule has 0 aliphatic carbocycles. The lowest BCUT2D eigenvalue weighted by molar-refractivity contribution is -0.902. The Morgan fingerprint density at radius 3 is 2.53 bits per heavy atom. The molecule has 1 aromatic rings. The maximum Gasteiger partial charge on any atom is 0.260 e. The van der Waals surface area contributed by atoms with E-state index in [1.807, 2.05) is 4.90 Å². The van der Waals surface area contributed by atoms with Gasteiger partial charge < -0.3 is 14.5 Å². The standard InChI is InChI=1S/C14H19FN2O2/c1-2-16-7-9-17(10-8-16)14(18)11-19-13-5-3-12(15)4-6-13/h3-6H,2,7-11H2,1H3/p+1. The molecule has 1 fully saturated rings. The molecule has 1 amide bonds. The van der Waals surface area contributed by atoms with Gasteiger partial charge in [-0.15, -0.1) is 0 Å². The fourth-order valence-corrected chi connectivity index (χ4v) is 2.19. The van der Waals surface area contributed by atoms with Gasteiger partial charge in [0.1, 0.15) is 11.6 Å². The average Bonchev–Trinajstić information content (AvgIpc) is 2.46. The van der Waals surface area contributed by atoms with Crippen LogP contribution in [0.15, 0.2) is 24.3 Å². The molecule has 19 heavy (non-hydrogen) atoms. The van der Waals surface area contributed by atoms with Gasteiger partial charge in [-0.25, -0.2) is 4.39 Å². The Morgan fingerprint density at radius 1 is 1.32 bits per heavy atom. The summed E-state index contributed by atoms with van der Waals surface area (Å²) < 4.78 is 18.1. The van der Waals surface area contributed by atoms with Crippen molar-refractivity contribution in [2.24, 2.45) is 0 Å². The summed E-state index contributed by atoms with van der Waals surface area (Å²) in [5.41, 5.74) is 0. The van der Waals surface area contributed by atoms with E-state index in [9.17, 15) is 9.18 Å². The highest BCUT2D eigenvalue weighted by atomic mass is 19.1. The summed E-state index contributed by atoms with van der Waals surface area (Å²) in [4.78, 5) is 15.3. The Bertz CT molecular complexity index is 414. The number of piperazine rings is 1. The van der Waals surface area contributed by atoms with Crippen molar-refractivity contribution in [3.05, 3.63) is 30.1 Å². The first-order valence-electron chi connectivity index (χ1n) is 6.68. The minimum Gasteiger partial charge on any atom is -0.484 e. The van der Waals surface area contributed by atoms with Gasteiger partial charge in [-0.05, 0) is 31.2 Å². The van der Waals surface area contributed by atoms with E-state index in [4.69, 9.17) is 4.74 Å². The fraction of sp³-hybridized carbons (Fsp3) is 0.500. The summed E-state index contributed by atoms with van der Waals surface area (Å²) in [6.45, 7) is 6.85. The van der Waals surface area contributed by atoms with Crippen LogP contribution in [0, 0.1) is 5.82 Å². The van der Waals surface area contributed by atoms with E-state index in [1.165, 1.54) is 29.2 Å². The largest absolute Gasteiger partial charge is 0.484 e. The molecule has 104 valence electrons. The predicted molar refractivity (Wildman–Crippen MR) is 69.7 cm³/mol. The molecule has 2 rings (SSSR count). The molecule has 5 heteroatoms. The van der Waals surface area contributed by atoms with E-state index in [1.54, 1.807) is 0 Å². The van der Waals surface area contributed by atoms with Gasteiger partial charge in [0, 0.05) is 0 Å². The van der Waals surface area contributed by atoms with E-state index in [0.29, 0.717) is 5.75 Å². The highest BCUT2D eigenvalue weighted by Gasteiger charge is 2.22. The molecule has 0 aromatic heterocycles. The smallest absolute Gasteiger partial charge is 0.260 e. The van der Waals surface area contributed by atoms with E-state index < -0.39 is 0 Å². The molecule has 0 atom stereocenters. The van der Waals surface area contributed by atoms with Crippen LogP contribution in [0.5, 0.6) is 5.75 Å². The van der Waals surface area contributed by atoms with E-state index >= 15 is 0 Å². The minimum absolute atomic E-state index is 0.000483. The van der Waals surface area contributed by atoms with Crippen molar-refractivity contribution >= 4 is 5.91 Å². The third-order valence-corrected chi connectivity index (χ3v) is 3.50. The molecule has 1 N–H and O–H groups in total. The minimum atomic E-state index is -0.308. The second kappa shape index (κ2) is 6.52. The van der Waals surface area contributed by atoms with Crippen LogP contribution < -0.4 is 9.64 Å². The van der Waals surface area contributed by atoms with Gasteiger partial charge in [-0.3, -0.25) is 4.79 Å². The Balaban J connectivity index is 1.77. The second-order valence-electron chi connectivity index (χ2n) is 4.73. The number of nitrogens with zero attached hydrogens (tertiary/aromatic N) is 1. The van der Waals surface area contributed by atoms with Crippen LogP contribution in [0.1, 0.15) is 6.92 Å². The SMILES string of the molecule is CC[NH+]1CCN(C(=O)COc2ccc(F)cc2)CC1. The molecule has 1 aromatic carbocycles. The molecule has 1 heterocycles. The van der Waals surface area contributed by atoms with Crippen LogP contribution in [-0.4, -0.2) is 50.1 Å². The second-order valence-corrected chi connectivity index (χ2v) is 4.73. The van der Waals surface area contributed by atoms with E-state index in [2.05, 4.69) is 6.92 Å². The molecule has 0 unspecified atom stereocenters. The van der Waals surface area contributed by atoms with Crippen LogP contribution in [-0.2, 0) is 4.79 Å². The molecule has 0 saturated carbocycles. The van der Waals surface area contributed by atoms with Crippen molar-refractivity contribution in [1.29, 1.82) is 0 Å². The maximum atomic E-state index is 12.7. The zero-order valence-corrected chi connectivity index (χ0v) is 11.2.